The van der Waals surface area contributed by atoms with E-state index in [-0.39, 0.29) is 5.91 Å². The molecular weight excluding hydrogens is 270 g/mol. The minimum atomic E-state index is 0.0418. The van der Waals surface area contributed by atoms with Gasteiger partial charge in [-0.3, -0.25) is 4.79 Å². The van der Waals surface area contributed by atoms with Crippen LogP contribution in [0.15, 0.2) is 0 Å². The zero-order valence-corrected chi connectivity index (χ0v) is 13.7. The highest BCUT2D eigenvalue weighted by Crippen LogP contribution is 2.24. The first-order chi connectivity index (χ1) is 9.47. The van der Waals surface area contributed by atoms with Gasteiger partial charge in [-0.15, -0.1) is 11.3 Å². The molecule has 1 saturated heterocycles. The summed E-state index contributed by atoms with van der Waals surface area (Å²) >= 11 is 1.53. The van der Waals surface area contributed by atoms with Crippen molar-refractivity contribution in [1.82, 2.24) is 15.2 Å². The van der Waals surface area contributed by atoms with Gasteiger partial charge in [0.05, 0.1) is 10.7 Å². The number of carbonyl (C=O) groups is 1. The minimum Gasteiger partial charge on any atom is -0.351 e. The topological polar surface area (TPSA) is 45.2 Å². The molecule has 0 aromatic carbocycles. The first kappa shape index (κ1) is 15.4. The summed E-state index contributed by atoms with van der Waals surface area (Å²) in [6.45, 7) is 9.17. The zero-order chi connectivity index (χ0) is 14.7. The summed E-state index contributed by atoms with van der Waals surface area (Å²) in [5, 5.41) is 4.13. The average Bonchev–Trinajstić information content (AvgIpc) is 2.78. The first-order valence-corrected chi connectivity index (χ1v) is 8.23. The van der Waals surface area contributed by atoms with Crippen LogP contribution in [0.25, 0.3) is 0 Å². The van der Waals surface area contributed by atoms with Crippen LogP contribution >= 0.6 is 11.3 Å². The van der Waals surface area contributed by atoms with Crippen LogP contribution in [-0.2, 0) is 0 Å². The Balaban J connectivity index is 1.91. The maximum atomic E-state index is 12.3. The number of likely N-dealkylation sites (tertiary alicyclic amines) is 1. The second-order valence-electron chi connectivity index (χ2n) is 6.10. The van der Waals surface area contributed by atoms with Gasteiger partial charge < -0.3 is 10.2 Å². The van der Waals surface area contributed by atoms with Crippen LogP contribution in [0.1, 0.15) is 53.0 Å². The quantitative estimate of drug-likeness (QED) is 0.929. The van der Waals surface area contributed by atoms with E-state index < -0.39 is 0 Å². The molecule has 20 heavy (non-hydrogen) atoms. The highest BCUT2D eigenvalue weighted by Gasteiger charge is 2.20. The Hall–Kier alpha value is -0.940. The predicted molar refractivity (Wildman–Crippen MR) is 83.5 cm³/mol. The Morgan fingerprint density at radius 1 is 1.55 bits per heavy atom. The lowest BCUT2D eigenvalue weighted by Crippen LogP contribution is -2.39. The van der Waals surface area contributed by atoms with Crippen LogP contribution in [-0.4, -0.2) is 42.5 Å². The van der Waals surface area contributed by atoms with Gasteiger partial charge in [-0.1, -0.05) is 13.8 Å². The Morgan fingerprint density at radius 2 is 2.30 bits per heavy atom. The highest BCUT2D eigenvalue weighted by molar-refractivity contribution is 7.13. The van der Waals surface area contributed by atoms with Crippen LogP contribution in [0.2, 0.25) is 0 Å². The molecule has 112 valence electrons. The van der Waals surface area contributed by atoms with Gasteiger partial charge >= 0.3 is 0 Å². The van der Waals surface area contributed by atoms with Crippen molar-refractivity contribution in [2.24, 2.45) is 5.92 Å². The van der Waals surface area contributed by atoms with Crippen LogP contribution in [0.4, 0.5) is 0 Å². The van der Waals surface area contributed by atoms with Crippen molar-refractivity contribution >= 4 is 17.2 Å². The van der Waals surface area contributed by atoms with Crippen molar-refractivity contribution in [3.05, 3.63) is 15.6 Å². The molecule has 0 spiro atoms. The fraction of sp³-hybridized carbons (Fsp3) is 0.733. The number of hydrogen-bond acceptors (Lipinski definition) is 4. The largest absolute Gasteiger partial charge is 0.351 e. The van der Waals surface area contributed by atoms with Gasteiger partial charge in [-0.25, -0.2) is 4.98 Å². The first-order valence-electron chi connectivity index (χ1n) is 7.41. The van der Waals surface area contributed by atoms with Gasteiger partial charge in [0.1, 0.15) is 4.88 Å². The van der Waals surface area contributed by atoms with E-state index in [0.717, 1.165) is 28.7 Å². The SMILES string of the molecule is Cc1nc(C(C)C)sc1C(=O)NC[C@H]1CCCN(C)C1. The molecule has 0 bridgehead atoms. The average molecular weight is 295 g/mol. The van der Waals surface area contributed by atoms with E-state index in [4.69, 9.17) is 0 Å². The molecule has 1 amide bonds. The van der Waals surface area contributed by atoms with Gasteiger partial charge in [-0.2, -0.15) is 0 Å². The van der Waals surface area contributed by atoms with Gasteiger partial charge in [0, 0.05) is 19.0 Å². The number of thiazole rings is 1. The fourth-order valence-corrected chi connectivity index (χ4v) is 3.62. The van der Waals surface area contributed by atoms with E-state index in [9.17, 15) is 4.79 Å². The predicted octanol–water partition coefficient (Wildman–Crippen LogP) is 2.65. The molecule has 1 aromatic heterocycles. The van der Waals surface area contributed by atoms with Crippen molar-refractivity contribution in [3.8, 4) is 0 Å². The Kier molecular flexibility index (Phi) is 5.16. The third-order valence-corrected chi connectivity index (χ3v) is 5.24. The van der Waals surface area contributed by atoms with Crippen molar-refractivity contribution < 1.29 is 4.79 Å². The third kappa shape index (κ3) is 3.79. The Labute approximate surface area is 125 Å². The number of piperidine rings is 1. The van der Waals surface area contributed by atoms with Crippen molar-refractivity contribution in [2.75, 3.05) is 26.7 Å². The van der Waals surface area contributed by atoms with Crippen LogP contribution in [0.5, 0.6) is 0 Å². The van der Waals surface area contributed by atoms with E-state index in [1.807, 2.05) is 6.92 Å². The van der Waals surface area contributed by atoms with E-state index in [2.05, 4.69) is 36.1 Å². The van der Waals surface area contributed by atoms with Gasteiger partial charge in [0.25, 0.3) is 5.91 Å². The molecule has 1 aliphatic rings. The molecule has 0 aliphatic carbocycles. The van der Waals surface area contributed by atoms with E-state index in [1.165, 1.54) is 30.7 Å². The summed E-state index contributed by atoms with van der Waals surface area (Å²) in [7, 11) is 2.15. The van der Waals surface area contributed by atoms with Gasteiger partial charge in [0.2, 0.25) is 0 Å². The summed E-state index contributed by atoms with van der Waals surface area (Å²) in [5.41, 5.74) is 0.858. The third-order valence-electron chi connectivity index (χ3n) is 3.79. The number of aromatic nitrogens is 1. The smallest absolute Gasteiger partial charge is 0.263 e. The lowest BCUT2D eigenvalue weighted by atomic mass is 9.98. The zero-order valence-electron chi connectivity index (χ0n) is 12.9. The van der Waals surface area contributed by atoms with Crippen molar-refractivity contribution in [2.45, 2.75) is 39.5 Å². The maximum Gasteiger partial charge on any atom is 0.263 e. The van der Waals surface area contributed by atoms with Gasteiger partial charge in [0.15, 0.2) is 0 Å². The van der Waals surface area contributed by atoms with Crippen LogP contribution in [0, 0.1) is 12.8 Å². The summed E-state index contributed by atoms with van der Waals surface area (Å²) in [4.78, 5) is 19.9. The normalized spacial score (nSPS) is 20.4. The minimum absolute atomic E-state index is 0.0418. The Morgan fingerprint density at radius 3 is 2.90 bits per heavy atom. The van der Waals surface area contributed by atoms with Crippen LogP contribution in [0.3, 0.4) is 0 Å². The molecule has 1 aromatic rings. The molecule has 1 fully saturated rings. The Bertz CT molecular complexity index is 470. The van der Waals surface area contributed by atoms with Crippen LogP contribution < -0.4 is 5.32 Å². The second-order valence-corrected chi connectivity index (χ2v) is 7.13. The van der Waals surface area contributed by atoms with Crippen molar-refractivity contribution in [3.63, 3.8) is 0 Å². The molecule has 2 rings (SSSR count). The number of rotatable bonds is 4. The molecule has 0 saturated carbocycles. The molecule has 1 N–H and O–H groups in total. The van der Waals surface area contributed by atoms with E-state index in [1.54, 1.807) is 0 Å². The number of aryl methyl sites for hydroxylation is 1. The highest BCUT2D eigenvalue weighted by atomic mass is 32.1. The van der Waals surface area contributed by atoms with Gasteiger partial charge in [-0.05, 0) is 39.3 Å². The molecule has 1 atom stereocenters. The van der Waals surface area contributed by atoms with E-state index in [0.29, 0.717) is 11.8 Å². The number of nitrogens with zero attached hydrogens (tertiary/aromatic N) is 2. The molecular formula is C15H25N3OS. The molecule has 5 heteroatoms. The maximum absolute atomic E-state index is 12.3. The fourth-order valence-electron chi connectivity index (χ4n) is 2.63. The number of hydrogen-bond donors (Lipinski definition) is 1. The standard InChI is InChI=1S/C15H25N3OS/c1-10(2)15-17-11(3)13(20-15)14(19)16-8-12-6-5-7-18(4)9-12/h10,12H,5-9H2,1-4H3,(H,16,19)/t12-/m1/s1. The summed E-state index contributed by atoms with van der Waals surface area (Å²) in [5.74, 6) is 1.00. The van der Waals surface area contributed by atoms with E-state index >= 15 is 0 Å². The molecule has 2 heterocycles. The second kappa shape index (κ2) is 6.68. The number of amides is 1. The lowest BCUT2D eigenvalue weighted by Gasteiger charge is -2.29. The molecule has 0 unspecified atom stereocenters. The monoisotopic (exact) mass is 295 g/mol. The number of nitrogens with one attached hydrogen (secondary N) is 1. The molecule has 1 aliphatic heterocycles. The molecule has 0 radical (unpaired) electrons. The summed E-state index contributed by atoms with van der Waals surface area (Å²) < 4.78 is 0. The lowest BCUT2D eigenvalue weighted by molar-refractivity contribution is 0.0940. The molecule has 4 nitrogen and oxygen atoms in total. The summed E-state index contributed by atoms with van der Waals surface area (Å²) in [6, 6.07) is 0. The summed E-state index contributed by atoms with van der Waals surface area (Å²) in [6.07, 6.45) is 2.44. The van der Waals surface area contributed by atoms with Crippen molar-refractivity contribution in [1.29, 1.82) is 0 Å². The number of carbonyl (C=O) groups excluding carboxylic acids is 1.